The molecule has 0 unspecified atom stereocenters. The minimum Gasteiger partial charge on any atom is -0.480 e. The predicted molar refractivity (Wildman–Crippen MR) is 81.9 cm³/mol. The zero-order valence-electron chi connectivity index (χ0n) is 12.7. The average molecular weight is 362 g/mol. The molecule has 1 heterocycles. The summed E-state index contributed by atoms with van der Waals surface area (Å²) in [5, 5.41) is 9.18. The van der Waals surface area contributed by atoms with Gasteiger partial charge >= 0.3 is 5.97 Å². The maximum atomic E-state index is 12.8. The first-order chi connectivity index (χ1) is 10.6. The van der Waals surface area contributed by atoms with Crippen molar-refractivity contribution in [1.29, 1.82) is 0 Å². The molecule has 128 valence electrons. The van der Waals surface area contributed by atoms with Crippen molar-refractivity contribution < 1.29 is 26.7 Å². The van der Waals surface area contributed by atoms with E-state index in [1.165, 1.54) is 38.4 Å². The van der Waals surface area contributed by atoms with Crippen LogP contribution in [0.4, 0.5) is 0 Å². The Balaban J connectivity index is 2.61. The summed E-state index contributed by atoms with van der Waals surface area (Å²) in [6, 6.07) is 4.05. The number of sulfonamides is 2. The SMILES string of the molecule is CN(C)S(=O)(=O)c1ccccc1S(=O)(=O)N1CCC[C@H]1C(=O)O. The van der Waals surface area contributed by atoms with Gasteiger partial charge in [0, 0.05) is 20.6 Å². The molecule has 1 aliphatic heterocycles. The zero-order chi connectivity index (χ0) is 17.4. The molecule has 0 aliphatic carbocycles. The van der Waals surface area contributed by atoms with E-state index >= 15 is 0 Å². The number of carbonyl (C=O) groups is 1. The van der Waals surface area contributed by atoms with Crippen LogP contribution in [0.5, 0.6) is 0 Å². The first-order valence-electron chi connectivity index (χ1n) is 6.86. The third kappa shape index (κ3) is 3.11. The lowest BCUT2D eigenvalue weighted by Gasteiger charge is -2.23. The molecule has 1 atom stereocenters. The molecule has 2 rings (SSSR count). The van der Waals surface area contributed by atoms with Gasteiger partial charge in [-0.2, -0.15) is 4.31 Å². The molecule has 1 fully saturated rings. The van der Waals surface area contributed by atoms with Crippen LogP contribution in [0.2, 0.25) is 0 Å². The Bertz CT molecular complexity index is 817. The molecular weight excluding hydrogens is 344 g/mol. The fourth-order valence-electron chi connectivity index (χ4n) is 2.47. The van der Waals surface area contributed by atoms with E-state index in [-0.39, 0.29) is 17.9 Å². The quantitative estimate of drug-likeness (QED) is 0.799. The molecule has 0 bridgehead atoms. The second kappa shape index (κ2) is 6.19. The molecule has 8 nitrogen and oxygen atoms in total. The van der Waals surface area contributed by atoms with Crippen molar-refractivity contribution in [1.82, 2.24) is 8.61 Å². The van der Waals surface area contributed by atoms with Crippen LogP contribution >= 0.6 is 0 Å². The summed E-state index contributed by atoms with van der Waals surface area (Å²) in [6.07, 6.45) is 0.621. The first kappa shape index (κ1) is 17.9. The molecule has 0 spiro atoms. The normalized spacial score (nSPS) is 20.0. The number of carboxylic acids is 1. The van der Waals surface area contributed by atoms with Gasteiger partial charge in [0.2, 0.25) is 20.0 Å². The highest BCUT2D eigenvalue weighted by atomic mass is 32.2. The molecule has 0 saturated carbocycles. The van der Waals surface area contributed by atoms with E-state index < -0.39 is 37.0 Å². The summed E-state index contributed by atoms with van der Waals surface area (Å²) in [4.78, 5) is 10.5. The monoisotopic (exact) mass is 362 g/mol. The Morgan fingerprint density at radius 2 is 1.74 bits per heavy atom. The van der Waals surface area contributed by atoms with Crippen molar-refractivity contribution in [2.45, 2.75) is 28.7 Å². The van der Waals surface area contributed by atoms with E-state index in [2.05, 4.69) is 0 Å². The number of rotatable bonds is 5. The van der Waals surface area contributed by atoms with Crippen molar-refractivity contribution in [3.8, 4) is 0 Å². The lowest BCUT2D eigenvalue weighted by Crippen LogP contribution is -2.41. The first-order valence-corrected chi connectivity index (χ1v) is 9.74. The lowest BCUT2D eigenvalue weighted by molar-refractivity contribution is -0.140. The Morgan fingerprint density at radius 1 is 1.17 bits per heavy atom. The average Bonchev–Trinajstić information content (AvgIpc) is 2.97. The second-order valence-corrected chi connectivity index (χ2v) is 9.33. The van der Waals surface area contributed by atoms with Gasteiger partial charge in [-0.05, 0) is 25.0 Å². The second-order valence-electron chi connectivity index (χ2n) is 5.35. The van der Waals surface area contributed by atoms with E-state index in [9.17, 15) is 26.7 Å². The van der Waals surface area contributed by atoms with Crippen molar-refractivity contribution in [2.75, 3.05) is 20.6 Å². The highest BCUT2D eigenvalue weighted by Crippen LogP contribution is 2.30. The highest BCUT2D eigenvalue weighted by Gasteiger charge is 2.41. The smallest absolute Gasteiger partial charge is 0.322 e. The fraction of sp³-hybridized carbons (Fsp3) is 0.462. The molecule has 0 radical (unpaired) electrons. The number of aliphatic carboxylic acids is 1. The van der Waals surface area contributed by atoms with E-state index in [4.69, 9.17) is 0 Å². The molecule has 10 heteroatoms. The number of hydrogen-bond acceptors (Lipinski definition) is 5. The van der Waals surface area contributed by atoms with Gasteiger partial charge in [-0.1, -0.05) is 12.1 Å². The summed E-state index contributed by atoms with van der Waals surface area (Å²) in [6.45, 7) is 0.0512. The van der Waals surface area contributed by atoms with Gasteiger partial charge in [0.25, 0.3) is 0 Å². The maximum Gasteiger partial charge on any atom is 0.322 e. The van der Waals surface area contributed by atoms with Crippen molar-refractivity contribution in [2.24, 2.45) is 0 Å². The van der Waals surface area contributed by atoms with Gasteiger partial charge < -0.3 is 5.11 Å². The minimum atomic E-state index is -4.23. The number of hydrogen-bond donors (Lipinski definition) is 1. The molecule has 1 aromatic rings. The lowest BCUT2D eigenvalue weighted by atomic mass is 10.2. The summed E-state index contributed by atoms with van der Waals surface area (Å²) in [7, 11) is -5.61. The standard InChI is InChI=1S/C13H18N2O6S2/c1-14(2)22(18,19)11-7-3-4-8-12(11)23(20,21)15-9-5-6-10(15)13(16)17/h3-4,7-8,10H,5-6,9H2,1-2H3,(H,16,17)/t10-/m0/s1. The van der Waals surface area contributed by atoms with Gasteiger partial charge in [0.05, 0.1) is 0 Å². The molecule has 1 N–H and O–H groups in total. The summed E-state index contributed by atoms with van der Waals surface area (Å²) in [5.74, 6) is -1.24. The maximum absolute atomic E-state index is 12.8. The zero-order valence-corrected chi connectivity index (χ0v) is 14.3. The highest BCUT2D eigenvalue weighted by molar-refractivity contribution is 7.92. The number of nitrogens with zero attached hydrogens (tertiary/aromatic N) is 2. The Kier molecular flexibility index (Phi) is 4.81. The molecule has 1 saturated heterocycles. The van der Waals surface area contributed by atoms with E-state index in [0.29, 0.717) is 6.42 Å². The van der Waals surface area contributed by atoms with Gasteiger partial charge in [0.15, 0.2) is 0 Å². The van der Waals surface area contributed by atoms with Crippen LogP contribution in [0.1, 0.15) is 12.8 Å². The summed E-state index contributed by atoms with van der Waals surface area (Å²) < 4.78 is 52.1. The Morgan fingerprint density at radius 3 is 2.26 bits per heavy atom. The van der Waals surface area contributed by atoms with Crippen molar-refractivity contribution in [3.63, 3.8) is 0 Å². The number of carboxylic acid groups (broad SMARTS) is 1. The van der Waals surface area contributed by atoms with Crippen molar-refractivity contribution >= 4 is 26.0 Å². The van der Waals surface area contributed by atoms with Gasteiger partial charge in [-0.3, -0.25) is 4.79 Å². The number of benzene rings is 1. The molecule has 1 aromatic carbocycles. The van der Waals surface area contributed by atoms with E-state index in [1.54, 1.807) is 0 Å². The summed E-state index contributed by atoms with van der Waals surface area (Å²) in [5.41, 5.74) is 0. The van der Waals surface area contributed by atoms with Crippen LogP contribution in [0.15, 0.2) is 34.1 Å². The van der Waals surface area contributed by atoms with E-state index in [1.807, 2.05) is 0 Å². The van der Waals surface area contributed by atoms with Crippen LogP contribution in [0.3, 0.4) is 0 Å². The van der Waals surface area contributed by atoms with Crippen LogP contribution < -0.4 is 0 Å². The summed E-state index contributed by atoms with van der Waals surface area (Å²) >= 11 is 0. The van der Waals surface area contributed by atoms with Gasteiger partial charge in [-0.15, -0.1) is 0 Å². The van der Waals surface area contributed by atoms with Gasteiger partial charge in [-0.25, -0.2) is 21.1 Å². The Labute approximate surface area is 135 Å². The van der Waals surface area contributed by atoms with Crippen LogP contribution in [-0.2, 0) is 24.8 Å². The molecular formula is C13H18N2O6S2. The van der Waals surface area contributed by atoms with E-state index in [0.717, 1.165) is 8.61 Å². The third-order valence-corrected chi connectivity index (χ3v) is 7.65. The van der Waals surface area contributed by atoms with Crippen LogP contribution in [0.25, 0.3) is 0 Å². The largest absolute Gasteiger partial charge is 0.480 e. The molecule has 0 amide bonds. The third-order valence-electron chi connectivity index (χ3n) is 3.68. The fourth-order valence-corrected chi connectivity index (χ4v) is 5.80. The van der Waals surface area contributed by atoms with Crippen molar-refractivity contribution in [3.05, 3.63) is 24.3 Å². The molecule has 1 aliphatic rings. The molecule has 23 heavy (non-hydrogen) atoms. The minimum absolute atomic E-state index is 0.0512. The predicted octanol–water partition coefficient (Wildman–Crippen LogP) is 0.175. The van der Waals surface area contributed by atoms with Crippen LogP contribution in [0, 0.1) is 0 Å². The molecule has 0 aromatic heterocycles. The Hall–Kier alpha value is -1.49. The van der Waals surface area contributed by atoms with Crippen LogP contribution in [-0.4, -0.2) is 63.2 Å². The topological polar surface area (TPSA) is 112 Å². The van der Waals surface area contributed by atoms with Gasteiger partial charge in [0.1, 0.15) is 15.8 Å².